The van der Waals surface area contributed by atoms with E-state index in [-0.39, 0.29) is 12.6 Å². The summed E-state index contributed by atoms with van der Waals surface area (Å²) < 4.78 is 16.2. The lowest BCUT2D eigenvalue weighted by Crippen LogP contribution is -2.47. The first kappa shape index (κ1) is 19.3. The van der Waals surface area contributed by atoms with E-state index in [1.807, 2.05) is 0 Å². The van der Waals surface area contributed by atoms with Crippen LogP contribution in [0.15, 0.2) is 29.2 Å². The van der Waals surface area contributed by atoms with E-state index >= 15 is 0 Å². The Bertz CT molecular complexity index is 612. The maximum Gasteiger partial charge on any atom is 0.338 e. The van der Waals surface area contributed by atoms with Crippen molar-refractivity contribution in [3.63, 3.8) is 0 Å². The summed E-state index contributed by atoms with van der Waals surface area (Å²) in [6.45, 7) is 7.98. The molecule has 0 N–H and O–H groups in total. The fourth-order valence-corrected chi connectivity index (χ4v) is 4.35. The number of methoxy groups -OCH3 is 1. The van der Waals surface area contributed by atoms with Crippen LogP contribution in [0.1, 0.15) is 52.4 Å². The van der Waals surface area contributed by atoms with E-state index in [1.165, 1.54) is 0 Å². The first-order chi connectivity index (χ1) is 12.1. The van der Waals surface area contributed by atoms with Crippen molar-refractivity contribution in [1.82, 2.24) is 0 Å². The Labute approximate surface area is 149 Å². The van der Waals surface area contributed by atoms with E-state index in [0.717, 1.165) is 24.8 Å². The molecule has 2 atom stereocenters. The first-order valence-corrected chi connectivity index (χ1v) is 9.07. The molecule has 0 aromatic carbocycles. The van der Waals surface area contributed by atoms with Crippen molar-refractivity contribution in [1.29, 1.82) is 0 Å². The van der Waals surface area contributed by atoms with Crippen LogP contribution < -0.4 is 0 Å². The zero-order chi connectivity index (χ0) is 18.4. The van der Waals surface area contributed by atoms with Crippen LogP contribution in [0.4, 0.5) is 0 Å². The van der Waals surface area contributed by atoms with Crippen molar-refractivity contribution >= 4 is 11.9 Å². The zero-order valence-corrected chi connectivity index (χ0v) is 15.5. The summed E-state index contributed by atoms with van der Waals surface area (Å²) in [5.41, 5.74) is 3.61. The molecule has 1 saturated carbocycles. The molecule has 0 radical (unpaired) electrons. The molecular weight excluding hydrogens is 320 g/mol. The number of carbonyl (C=O) groups is 2. The summed E-state index contributed by atoms with van der Waals surface area (Å²) in [5, 5.41) is 0. The lowest BCUT2D eigenvalue weighted by Gasteiger charge is -2.47. The fraction of sp³-hybridized carbons (Fsp3) is 0.650. The minimum absolute atomic E-state index is 0.269. The summed E-state index contributed by atoms with van der Waals surface area (Å²) in [5.74, 6) is -0.513. The van der Waals surface area contributed by atoms with Crippen molar-refractivity contribution in [2.45, 2.75) is 52.4 Å². The number of allylic oxidation sites excluding steroid dienone is 2. The Morgan fingerprint density at radius 3 is 2.52 bits per heavy atom. The van der Waals surface area contributed by atoms with Gasteiger partial charge in [-0.05, 0) is 51.5 Å². The minimum Gasteiger partial charge on any atom is -0.501 e. The highest BCUT2D eigenvalue weighted by atomic mass is 16.5. The molecule has 2 aliphatic rings. The van der Waals surface area contributed by atoms with Crippen LogP contribution in [0.2, 0.25) is 0 Å². The van der Waals surface area contributed by atoms with Gasteiger partial charge in [0.2, 0.25) is 0 Å². The summed E-state index contributed by atoms with van der Waals surface area (Å²) in [6.07, 6.45) is 4.44. The fourth-order valence-electron chi connectivity index (χ4n) is 4.35. The van der Waals surface area contributed by atoms with Crippen LogP contribution in [-0.2, 0) is 23.8 Å². The van der Waals surface area contributed by atoms with Crippen LogP contribution in [-0.4, -0.2) is 32.3 Å². The van der Waals surface area contributed by atoms with Gasteiger partial charge in [-0.2, -0.15) is 0 Å². The van der Waals surface area contributed by atoms with Gasteiger partial charge in [0.25, 0.3) is 0 Å². The zero-order valence-electron chi connectivity index (χ0n) is 15.5. The van der Waals surface area contributed by atoms with Crippen molar-refractivity contribution < 1.29 is 23.8 Å². The number of rotatable bonds is 5. The standard InChI is InChI=1S/C20H28O5/c1-5-14-10-8-11-15(18(21)24-6-2)20(14)13-9-12-16(23-4)17(20)19(22)25-7-3/h15H,1,6-13H2,2-4H3/t15-,20+/m1/s1. The quantitative estimate of drug-likeness (QED) is 0.560. The average molecular weight is 348 g/mol. The van der Waals surface area contributed by atoms with Crippen LogP contribution in [0.3, 0.4) is 0 Å². The predicted molar refractivity (Wildman–Crippen MR) is 93.6 cm³/mol. The van der Waals surface area contributed by atoms with Gasteiger partial charge >= 0.3 is 11.9 Å². The number of hydrogen-bond donors (Lipinski definition) is 0. The number of hydrogen-bond acceptors (Lipinski definition) is 5. The van der Waals surface area contributed by atoms with E-state index in [0.29, 0.717) is 37.2 Å². The van der Waals surface area contributed by atoms with Gasteiger partial charge in [-0.3, -0.25) is 4.79 Å². The third kappa shape index (κ3) is 3.38. The smallest absolute Gasteiger partial charge is 0.338 e. The average Bonchev–Trinajstić information content (AvgIpc) is 2.61. The Morgan fingerprint density at radius 1 is 1.20 bits per heavy atom. The van der Waals surface area contributed by atoms with Crippen LogP contribution in [0.25, 0.3) is 0 Å². The third-order valence-electron chi connectivity index (χ3n) is 5.26. The monoisotopic (exact) mass is 348 g/mol. The molecule has 25 heavy (non-hydrogen) atoms. The van der Waals surface area contributed by atoms with Gasteiger partial charge in [0, 0.05) is 11.8 Å². The molecule has 2 aliphatic carbocycles. The van der Waals surface area contributed by atoms with Gasteiger partial charge in [0.05, 0.1) is 31.8 Å². The Morgan fingerprint density at radius 2 is 1.92 bits per heavy atom. The maximum atomic E-state index is 12.9. The molecule has 1 fully saturated rings. The molecule has 0 aromatic heterocycles. The largest absolute Gasteiger partial charge is 0.501 e. The number of ether oxygens (including phenoxy) is 3. The lowest BCUT2D eigenvalue weighted by molar-refractivity contribution is -0.154. The lowest BCUT2D eigenvalue weighted by atomic mass is 9.55. The molecule has 0 unspecified atom stereocenters. The highest BCUT2D eigenvalue weighted by molar-refractivity contribution is 5.93. The Kier molecular flexibility index (Phi) is 6.49. The van der Waals surface area contributed by atoms with Crippen LogP contribution >= 0.6 is 0 Å². The summed E-state index contributed by atoms with van der Waals surface area (Å²) >= 11 is 0. The Balaban J connectivity index is 2.67. The van der Waals surface area contributed by atoms with Crippen molar-refractivity contribution in [2.75, 3.05) is 20.3 Å². The van der Waals surface area contributed by atoms with Gasteiger partial charge in [-0.25, -0.2) is 4.79 Å². The molecule has 0 aliphatic heterocycles. The molecule has 138 valence electrons. The molecule has 0 amide bonds. The molecular formula is C20H28O5. The molecule has 5 nitrogen and oxygen atoms in total. The molecule has 0 aromatic rings. The second-order valence-corrected chi connectivity index (χ2v) is 6.40. The molecule has 0 heterocycles. The predicted octanol–water partition coefficient (Wildman–Crippen LogP) is 3.69. The van der Waals surface area contributed by atoms with E-state index < -0.39 is 17.3 Å². The molecule has 0 saturated heterocycles. The van der Waals surface area contributed by atoms with E-state index in [9.17, 15) is 9.59 Å². The summed E-state index contributed by atoms with van der Waals surface area (Å²) in [7, 11) is 1.56. The number of carbonyl (C=O) groups excluding carboxylic acids is 2. The minimum atomic E-state index is -0.776. The van der Waals surface area contributed by atoms with E-state index in [4.69, 9.17) is 14.2 Å². The molecule has 5 heteroatoms. The molecule has 2 rings (SSSR count). The van der Waals surface area contributed by atoms with Gasteiger partial charge in [-0.1, -0.05) is 6.58 Å². The van der Waals surface area contributed by atoms with Crippen molar-refractivity contribution in [3.8, 4) is 0 Å². The van der Waals surface area contributed by atoms with Crippen molar-refractivity contribution in [3.05, 3.63) is 29.2 Å². The van der Waals surface area contributed by atoms with Crippen molar-refractivity contribution in [2.24, 2.45) is 11.3 Å². The van der Waals surface area contributed by atoms with Crippen LogP contribution in [0.5, 0.6) is 0 Å². The second-order valence-electron chi connectivity index (χ2n) is 6.40. The van der Waals surface area contributed by atoms with Gasteiger partial charge in [0.15, 0.2) is 0 Å². The van der Waals surface area contributed by atoms with E-state index in [2.05, 4.69) is 12.3 Å². The number of esters is 2. The second kappa shape index (κ2) is 8.39. The SMILES string of the molecule is C=C=C1CCC[C@H](C(=O)OCC)[C@]12CCCC(OC)=C2C(=O)OCC. The summed E-state index contributed by atoms with van der Waals surface area (Å²) in [4.78, 5) is 25.6. The van der Waals surface area contributed by atoms with Gasteiger partial charge in [0.1, 0.15) is 5.76 Å². The highest BCUT2D eigenvalue weighted by Gasteiger charge is 2.55. The Hall–Kier alpha value is -2.00. The van der Waals surface area contributed by atoms with Crippen LogP contribution in [0, 0.1) is 11.3 Å². The van der Waals surface area contributed by atoms with Gasteiger partial charge in [-0.15, -0.1) is 5.73 Å². The molecule has 1 spiro atoms. The maximum absolute atomic E-state index is 12.9. The normalized spacial score (nSPS) is 26.2. The molecule has 0 bridgehead atoms. The van der Waals surface area contributed by atoms with E-state index in [1.54, 1.807) is 21.0 Å². The third-order valence-corrected chi connectivity index (χ3v) is 5.26. The first-order valence-electron chi connectivity index (χ1n) is 9.07. The topological polar surface area (TPSA) is 61.8 Å². The van der Waals surface area contributed by atoms with Gasteiger partial charge < -0.3 is 14.2 Å². The summed E-state index contributed by atoms with van der Waals surface area (Å²) in [6, 6.07) is 0. The highest BCUT2D eigenvalue weighted by Crippen LogP contribution is 2.57.